The van der Waals surface area contributed by atoms with E-state index >= 15 is 0 Å². The fraction of sp³-hybridized carbons (Fsp3) is 0.467. The summed E-state index contributed by atoms with van der Waals surface area (Å²) in [5.41, 5.74) is 8.89. The van der Waals surface area contributed by atoms with E-state index in [9.17, 15) is 34.5 Å². The Hall–Kier alpha value is -4.34. The summed E-state index contributed by atoms with van der Waals surface area (Å²) in [5, 5.41) is 34.5. The highest BCUT2D eigenvalue weighted by Crippen LogP contribution is 2.53. The first-order valence-corrected chi connectivity index (χ1v) is 13.6. The maximum atomic E-state index is 14.0. The Morgan fingerprint density at radius 2 is 1.86 bits per heavy atom. The number of aliphatic hydroxyl groups excluding tert-OH is 1. The van der Waals surface area contributed by atoms with E-state index in [1.807, 2.05) is 6.92 Å². The smallest absolute Gasteiger partial charge is 0.384 e. The highest BCUT2D eigenvalue weighted by Gasteiger charge is 2.62. The van der Waals surface area contributed by atoms with E-state index in [0.29, 0.717) is 17.7 Å². The van der Waals surface area contributed by atoms with E-state index in [2.05, 4.69) is 11.8 Å². The van der Waals surface area contributed by atoms with Gasteiger partial charge in [0.2, 0.25) is 5.78 Å². The van der Waals surface area contributed by atoms with Gasteiger partial charge in [-0.15, -0.1) is 0 Å². The summed E-state index contributed by atoms with van der Waals surface area (Å²) >= 11 is 0. The zero-order valence-electron chi connectivity index (χ0n) is 24.3. The van der Waals surface area contributed by atoms with Gasteiger partial charge in [-0.3, -0.25) is 14.4 Å². The van der Waals surface area contributed by atoms with E-state index in [0.717, 1.165) is 6.42 Å². The SMILES string of the molecule is CCCCOC(=O)C#Cc1cc(N(C)C)c2c(c1O)C(=O)C1=C(O)[C@]3(O)C(=O)C(C(N)=O)=C(N)[C@@H](N(C)C)[C@@H]3C[C@@H]1C2. The van der Waals surface area contributed by atoms with Crippen LogP contribution in [0, 0.1) is 23.7 Å². The van der Waals surface area contributed by atoms with Crippen LogP contribution >= 0.6 is 0 Å². The molecule has 0 aromatic heterocycles. The molecule has 3 aliphatic carbocycles. The molecule has 4 atom stereocenters. The van der Waals surface area contributed by atoms with Crippen LogP contribution < -0.4 is 16.4 Å². The summed E-state index contributed by atoms with van der Waals surface area (Å²) < 4.78 is 5.05. The van der Waals surface area contributed by atoms with Crippen LogP contribution in [0.5, 0.6) is 5.75 Å². The minimum Gasteiger partial charge on any atom is -0.508 e. The third-order valence-corrected chi connectivity index (χ3v) is 8.28. The van der Waals surface area contributed by atoms with Crippen LogP contribution in [0.2, 0.25) is 0 Å². The van der Waals surface area contributed by atoms with Crippen LogP contribution in [0.3, 0.4) is 0 Å². The Kier molecular flexibility index (Phi) is 8.13. The number of unbranched alkanes of at least 4 members (excludes halogenated alkanes) is 1. The summed E-state index contributed by atoms with van der Waals surface area (Å²) in [6, 6.07) is 0.709. The number of phenols is 1. The van der Waals surface area contributed by atoms with Crippen molar-refractivity contribution in [1.29, 1.82) is 0 Å². The molecule has 0 aliphatic heterocycles. The predicted octanol–water partition coefficient (Wildman–Crippen LogP) is 0.282. The Balaban J connectivity index is 1.89. The van der Waals surface area contributed by atoms with Crippen molar-refractivity contribution in [3.63, 3.8) is 0 Å². The average Bonchev–Trinajstić information content (AvgIpc) is 2.89. The molecule has 0 saturated carbocycles. The summed E-state index contributed by atoms with van der Waals surface area (Å²) in [7, 11) is 6.78. The van der Waals surface area contributed by atoms with Crippen molar-refractivity contribution in [2.45, 2.75) is 44.2 Å². The minimum absolute atomic E-state index is 0.0164. The molecule has 0 spiro atoms. The lowest BCUT2D eigenvalue weighted by Crippen LogP contribution is -2.64. The molecule has 0 bridgehead atoms. The van der Waals surface area contributed by atoms with Crippen LogP contribution in [-0.2, 0) is 25.5 Å². The fourth-order valence-electron chi connectivity index (χ4n) is 6.35. The second-order valence-electron chi connectivity index (χ2n) is 11.3. The first kappa shape index (κ1) is 30.6. The van der Waals surface area contributed by atoms with Crippen molar-refractivity contribution in [1.82, 2.24) is 4.90 Å². The minimum atomic E-state index is -2.65. The summed E-state index contributed by atoms with van der Waals surface area (Å²) in [5.74, 6) is -2.12. The number of nitrogens with zero attached hydrogens (tertiary/aromatic N) is 2. The maximum absolute atomic E-state index is 14.0. The molecule has 0 saturated heterocycles. The quantitative estimate of drug-likeness (QED) is 0.134. The largest absolute Gasteiger partial charge is 0.508 e. The number of anilines is 1. The lowest BCUT2D eigenvalue weighted by atomic mass is 9.58. The number of ketones is 2. The normalized spacial score (nSPS) is 24.9. The number of aliphatic hydroxyl groups is 2. The first-order valence-electron chi connectivity index (χ1n) is 13.6. The number of aromatic hydroxyl groups is 1. The zero-order chi connectivity index (χ0) is 31.3. The lowest BCUT2D eigenvalue weighted by molar-refractivity contribution is -0.147. The molecule has 12 heteroatoms. The summed E-state index contributed by atoms with van der Waals surface area (Å²) in [6.45, 7) is 2.15. The second-order valence-corrected chi connectivity index (χ2v) is 11.3. The molecule has 12 nitrogen and oxygen atoms in total. The predicted molar refractivity (Wildman–Crippen MR) is 152 cm³/mol. The van der Waals surface area contributed by atoms with Gasteiger partial charge in [-0.1, -0.05) is 19.3 Å². The van der Waals surface area contributed by atoms with E-state index in [1.54, 1.807) is 44.1 Å². The molecule has 0 unspecified atom stereocenters. The van der Waals surface area contributed by atoms with Crippen LogP contribution in [-0.4, -0.2) is 90.1 Å². The topological polar surface area (TPSA) is 197 Å². The van der Waals surface area contributed by atoms with E-state index in [1.165, 1.54) is 0 Å². The van der Waals surface area contributed by atoms with E-state index in [4.69, 9.17) is 16.2 Å². The number of phenolic OH excluding ortho intramolecular Hbond substituents is 1. The summed E-state index contributed by atoms with van der Waals surface area (Å²) in [4.78, 5) is 55.2. The van der Waals surface area contributed by atoms with Gasteiger partial charge in [0.25, 0.3) is 5.91 Å². The van der Waals surface area contributed by atoms with Gasteiger partial charge in [0.05, 0.1) is 23.8 Å². The molecule has 0 fully saturated rings. The molecule has 42 heavy (non-hydrogen) atoms. The van der Waals surface area contributed by atoms with Crippen molar-refractivity contribution in [3.05, 3.63) is 45.4 Å². The van der Waals surface area contributed by atoms with Gasteiger partial charge in [0.15, 0.2) is 11.4 Å². The Labute approximate surface area is 243 Å². The van der Waals surface area contributed by atoms with Gasteiger partial charge < -0.3 is 41.3 Å². The number of Topliss-reactive ketones (excluding diaryl/α,β-unsaturated/α-hetero) is 2. The highest BCUT2D eigenvalue weighted by molar-refractivity contribution is 6.25. The molecule has 7 N–H and O–H groups in total. The van der Waals surface area contributed by atoms with E-state index < -0.39 is 64.0 Å². The number of amides is 1. The third kappa shape index (κ3) is 4.68. The molecule has 224 valence electrons. The molecule has 0 heterocycles. The number of ether oxygens (including phenoxy) is 1. The number of carbonyl (C=O) groups is 4. The van der Waals surface area contributed by atoms with Crippen molar-refractivity contribution in [3.8, 4) is 17.6 Å². The number of nitrogens with two attached hydrogens (primary N) is 2. The Morgan fingerprint density at radius 3 is 2.43 bits per heavy atom. The fourth-order valence-corrected chi connectivity index (χ4v) is 6.35. The van der Waals surface area contributed by atoms with Crippen LogP contribution in [0.15, 0.2) is 28.7 Å². The van der Waals surface area contributed by atoms with Gasteiger partial charge in [0.1, 0.15) is 17.1 Å². The molecule has 3 aliphatic rings. The first-order chi connectivity index (χ1) is 19.7. The molecule has 0 radical (unpaired) electrons. The molecular weight excluding hydrogens is 544 g/mol. The number of hydrogen-bond donors (Lipinski definition) is 5. The van der Waals surface area contributed by atoms with Gasteiger partial charge in [-0.2, -0.15) is 0 Å². The molecular formula is C30H36N4O8. The van der Waals surface area contributed by atoms with Crippen molar-refractivity contribution in [2.24, 2.45) is 23.3 Å². The Morgan fingerprint density at radius 1 is 1.19 bits per heavy atom. The average molecular weight is 581 g/mol. The highest BCUT2D eigenvalue weighted by atomic mass is 16.5. The number of rotatable bonds is 6. The molecule has 1 amide bonds. The van der Waals surface area contributed by atoms with Crippen LogP contribution in [0.4, 0.5) is 5.69 Å². The molecule has 1 aromatic carbocycles. The summed E-state index contributed by atoms with van der Waals surface area (Å²) in [6.07, 6.45) is 1.72. The van der Waals surface area contributed by atoms with Gasteiger partial charge >= 0.3 is 5.97 Å². The zero-order valence-corrected chi connectivity index (χ0v) is 24.3. The number of esters is 1. The number of benzene rings is 1. The van der Waals surface area contributed by atoms with E-state index in [-0.39, 0.29) is 41.8 Å². The lowest BCUT2D eigenvalue weighted by Gasteiger charge is -2.50. The number of allylic oxidation sites excluding steroid dienone is 1. The number of hydrogen-bond acceptors (Lipinski definition) is 11. The van der Waals surface area contributed by atoms with Crippen LogP contribution in [0.25, 0.3) is 0 Å². The van der Waals surface area contributed by atoms with Crippen molar-refractivity contribution >= 4 is 29.1 Å². The monoisotopic (exact) mass is 580 g/mol. The standard InChI is InChI=1S/C30H36N4O8/c1-6-7-10-42-19(35)9-8-14-13-18(33(2)3)16-11-15-12-17-24(34(4)5)23(31)22(29(32)40)28(39)30(17,41)27(38)20(15)26(37)21(16)25(14)36/h13,15,17,24,36,38,41H,6-7,10-12,31H2,1-5H3,(H2,32,40)/t15-,17-,24-,30-/m0/s1. The Bertz CT molecular complexity index is 1510. The number of carbonyl (C=O) groups excluding carboxylic acids is 4. The van der Waals surface area contributed by atoms with Gasteiger partial charge in [0, 0.05) is 42.9 Å². The molecule has 1 aromatic rings. The van der Waals surface area contributed by atoms with Crippen LogP contribution in [0.1, 0.15) is 47.7 Å². The second kappa shape index (κ2) is 11.2. The van der Waals surface area contributed by atoms with Gasteiger partial charge in [-0.05, 0) is 50.9 Å². The molecule has 4 rings (SSSR count). The van der Waals surface area contributed by atoms with Crippen molar-refractivity contribution < 1.29 is 39.2 Å². The third-order valence-electron chi connectivity index (χ3n) is 8.28. The van der Waals surface area contributed by atoms with Crippen molar-refractivity contribution in [2.75, 3.05) is 39.7 Å². The number of primary amides is 1. The number of likely N-dealkylation sites (N-methyl/N-ethyl adjacent to an activating group) is 1. The maximum Gasteiger partial charge on any atom is 0.384 e. The number of fused-ring (bicyclic) bond motifs is 3. The van der Waals surface area contributed by atoms with Gasteiger partial charge in [-0.25, -0.2) is 4.79 Å².